The van der Waals surface area contributed by atoms with E-state index in [1.165, 1.54) is 0 Å². The van der Waals surface area contributed by atoms with Crippen LogP contribution < -0.4 is 0 Å². The highest BCUT2D eigenvalue weighted by molar-refractivity contribution is 5.74. The Morgan fingerprint density at radius 2 is 1.74 bits per heavy atom. The van der Waals surface area contributed by atoms with Crippen molar-refractivity contribution in [2.45, 2.75) is 19.9 Å². The van der Waals surface area contributed by atoms with Crippen LogP contribution in [0.4, 0.5) is 0 Å². The van der Waals surface area contributed by atoms with Gasteiger partial charge in [-0.05, 0) is 37.3 Å². The molecule has 2 fully saturated rings. The fourth-order valence-electron chi connectivity index (χ4n) is 4.45. The number of aryl methyl sites for hydroxylation is 1. The second-order valence-electron chi connectivity index (χ2n) is 8.00. The van der Waals surface area contributed by atoms with Gasteiger partial charge in [-0.15, -0.1) is 0 Å². The van der Waals surface area contributed by atoms with E-state index >= 15 is 0 Å². The van der Waals surface area contributed by atoms with Crippen LogP contribution in [0.25, 0.3) is 11.0 Å². The molecule has 2 aromatic rings. The summed E-state index contributed by atoms with van der Waals surface area (Å²) in [6.45, 7) is 9.93. The topological polar surface area (TPSA) is 61.7 Å². The van der Waals surface area contributed by atoms with Crippen LogP contribution in [0.15, 0.2) is 24.3 Å². The van der Waals surface area contributed by atoms with Crippen molar-refractivity contribution in [1.82, 2.24) is 19.8 Å². The molecule has 0 unspecified atom stereocenters. The van der Waals surface area contributed by atoms with E-state index in [-0.39, 0.29) is 6.61 Å². The Morgan fingerprint density at radius 3 is 2.48 bits per heavy atom. The highest BCUT2D eigenvalue weighted by atomic mass is 16.5. The summed E-state index contributed by atoms with van der Waals surface area (Å²) in [4.78, 5) is 14.6. The first kappa shape index (κ1) is 18.7. The minimum absolute atomic E-state index is 0.262. The van der Waals surface area contributed by atoms with E-state index in [1.54, 1.807) is 0 Å². The van der Waals surface area contributed by atoms with E-state index in [1.807, 2.05) is 31.2 Å². The summed E-state index contributed by atoms with van der Waals surface area (Å²) in [5, 5.41) is 9.81. The van der Waals surface area contributed by atoms with Gasteiger partial charge in [-0.1, -0.05) is 12.1 Å². The molecule has 146 valence electrons. The van der Waals surface area contributed by atoms with Crippen LogP contribution in [0.1, 0.15) is 17.8 Å². The van der Waals surface area contributed by atoms with Crippen LogP contribution in [0.2, 0.25) is 0 Å². The molecule has 0 amide bonds. The summed E-state index contributed by atoms with van der Waals surface area (Å²) in [7, 11) is 0. The third-order valence-electron chi connectivity index (χ3n) is 5.79. The molecular weight excluding hydrogens is 340 g/mol. The van der Waals surface area contributed by atoms with Crippen molar-refractivity contribution >= 4 is 11.0 Å². The van der Waals surface area contributed by atoms with Gasteiger partial charge in [0.1, 0.15) is 0 Å². The number of para-hydroxylation sites is 2. The average Bonchev–Trinajstić information content (AvgIpc) is 2.69. The van der Waals surface area contributed by atoms with Gasteiger partial charge in [0.2, 0.25) is 0 Å². The lowest BCUT2D eigenvalue weighted by Crippen LogP contribution is -2.47. The standard InChI is InChI=1S/C21H30N4O2/c1-16-21(23-20-5-3-2-4-19(20)22-16)14-25-12-17(10-18(13-25)15-26)11-24-6-8-27-9-7-24/h2-5,17-18,26H,6-15H2,1H3/t17-,18-/m0/s1. The summed E-state index contributed by atoms with van der Waals surface area (Å²) in [6, 6.07) is 8.05. The molecular formula is C21H30N4O2. The Bertz CT molecular complexity index is 763. The molecule has 1 aromatic heterocycles. The van der Waals surface area contributed by atoms with Crippen molar-refractivity contribution in [2.75, 3.05) is 52.5 Å². The molecule has 3 heterocycles. The minimum atomic E-state index is 0.262. The van der Waals surface area contributed by atoms with Crippen molar-refractivity contribution in [3.8, 4) is 0 Å². The molecule has 1 N–H and O–H groups in total. The minimum Gasteiger partial charge on any atom is -0.396 e. The van der Waals surface area contributed by atoms with Gasteiger partial charge in [0.15, 0.2) is 0 Å². The number of benzene rings is 1. The van der Waals surface area contributed by atoms with Crippen molar-refractivity contribution in [3.63, 3.8) is 0 Å². The molecule has 6 heteroatoms. The first-order valence-corrected chi connectivity index (χ1v) is 10.1. The molecule has 2 aliphatic rings. The quantitative estimate of drug-likeness (QED) is 0.864. The van der Waals surface area contributed by atoms with Crippen LogP contribution in [-0.4, -0.2) is 77.4 Å². The van der Waals surface area contributed by atoms with Gasteiger partial charge < -0.3 is 9.84 Å². The number of hydrogen-bond acceptors (Lipinski definition) is 6. The molecule has 2 atom stereocenters. The lowest BCUT2D eigenvalue weighted by atomic mass is 9.89. The van der Waals surface area contributed by atoms with E-state index in [0.29, 0.717) is 11.8 Å². The van der Waals surface area contributed by atoms with Crippen molar-refractivity contribution < 1.29 is 9.84 Å². The predicted octanol–water partition coefficient (Wildman–Crippen LogP) is 1.70. The summed E-state index contributed by atoms with van der Waals surface area (Å²) in [6.07, 6.45) is 1.10. The summed E-state index contributed by atoms with van der Waals surface area (Å²) in [5.41, 5.74) is 3.97. The molecule has 2 saturated heterocycles. The van der Waals surface area contributed by atoms with Gasteiger partial charge in [0.25, 0.3) is 0 Å². The Morgan fingerprint density at radius 1 is 1.04 bits per heavy atom. The number of likely N-dealkylation sites (tertiary alicyclic amines) is 1. The molecule has 0 aliphatic carbocycles. The molecule has 1 aromatic carbocycles. The SMILES string of the molecule is Cc1nc2ccccc2nc1CN1C[C@@H](CO)C[C@@H](CN2CCOCC2)C1. The molecule has 0 spiro atoms. The van der Waals surface area contributed by atoms with Crippen LogP contribution in [0.5, 0.6) is 0 Å². The van der Waals surface area contributed by atoms with Gasteiger partial charge in [-0.2, -0.15) is 0 Å². The molecule has 2 aliphatic heterocycles. The number of aliphatic hydroxyl groups excluding tert-OH is 1. The zero-order valence-electron chi connectivity index (χ0n) is 16.2. The van der Waals surface area contributed by atoms with E-state index in [2.05, 4.69) is 9.80 Å². The second kappa shape index (κ2) is 8.61. The van der Waals surface area contributed by atoms with Crippen LogP contribution >= 0.6 is 0 Å². The highest BCUT2D eigenvalue weighted by Crippen LogP contribution is 2.25. The lowest BCUT2D eigenvalue weighted by Gasteiger charge is -2.40. The number of rotatable bonds is 5. The maximum atomic E-state index is 9.81. The lowest BCUT2D eigenvalue weighted by molar-refractivity contribution is 0.0115. The monoisotopic (exact) mass is 370 g/mol. The largest absolute Gasteiger partial charge is 0.396 e. The van der Waals surface area contributed by atoms with E-state index in [0.717, 1.165) is 81.3 Å². The summed E-state index contributed by atoms with van der Waals surface area (Å²) in [5.74, 6) is 0.932. The number of aromatic nitrogens is 2. The van der Waals surface area contributed by atoms with Crippen molar-refractivity contribution in [2.24, 2.45) is 11.8 Å². The first-order valence-electron chi connectivity index (χ1n) is 10.1. The Hall–Kier alpha value is -1.60. The Labute approximate surface area is 161 Å². The van der Waals surface area contributed by atoms with Gasteiger partial charge in [0, 0.05) is 45.9 Å². The van der Waals surface area contributed by atoms with Gasteiger partial charge in [-0.3, -0.25) is 9.80 Å². The molecule has 0 saturated carbocycles. The maximum Gasteiger partial charge on any atom is 0.0890 e. The van der Waals surface area contributed by atoms with E-state index < -0.39 is 0 Å². The predicted molar refractivity (Wildman–Crippen MR) is 105 cm³/mol. The zero-order valence-corrected chi connectivity index (χ0v) is 16.2. The Balaban J connectivity index is 1.46. The third kappa shape index (κ3) is 4.63. The van der Waals surface area contributed by atoms with Crippen molar-refractivity contribution in [3.05, 3.63) is 35.7 Å². The zero-order chi connectivity index (χ0) is 18.6. The highest BCUT2D eigenvalue weighted by Gasteiger charge is 2.29. The number of nitrogens with zero attached hydrogens (tertiary/aromatic N) is 4. The Kier molecular flexibility index (Phi) is 5.98. The summed E-state index contributed by atoms with van der Waals surface area (Å²) >= 11 is 0. The first-order chi connectivity index (χ1) is 13.2. The number of morpholine rings is 1. The van der Waals surface area contributed by atoms with E-state index in [9.17, 15) is 5.11 Å². The fraction of sp³-hybridized carbons (Fsp3) is 0.619. The number of hydrogen-bond donors (Lipinski definition) is 1. The van der Waals surface area contributed by atoms with Gasteiger partial charge in [0.05, 0.1) is 35.6 Å². The molecule has 6 nitrogen and oxygen atoms in total. The molecule has 4 rings (SSSR count). The van der Waals surface area contributed by atoms with Crippen LogP contribution in [-0.2, 0) is 11.3 Å². The third-order valence-corrected chi connectivity index (χ3v) is 5.79. The number of piperidine rings is 1. The average molecular weight is 370 g/mol. The van der Waals surface area contributed by atoms with E-state index in [4.69, 9.17) is 14.7 Å². The normalized spacial score (nSPS) is 25.1. The van der Waals surface area contributed by atoms with Crippen LogP contribution in [0.3, 0.4) is 0 Å². The molecule has 0 bridgehead atoms. The number of aliphatic hydroxyl groups is 1. The van der Waals surface area contributed by atoms with Gasteiger partial charge >= 0.3 is 0 Å². The smallest absolute Gasteiger partial charge is 0.0890 e. The molecule has 0 radical (unpaired) electrons. The maximum absolute atomic E-state index is 9.81. The van der Waals surface area contributed by atoms with Crippen LogP contribution in [0, 0.1) is 18.8 Å². The van der Waals surface area contributed by atoms with Crippen molar-refractivity contribution in [1.29, 1.82) is 0 Å². The number of ether oxygens (including phenoxy) is 1. The second-order valence-corrected chi connectivity index (χ2v) is 8.00. The fourth-order valence-corrected chi connectivity index (χ4v) is 4.45. The van der Waals surface area contributed by atoms with Gasteiger partial charge in [-0.25, -0.2) is 9.97 Å². The summed E-state index contributed by atoms with van der Waals surface area (Å²) < 4.78 is 5.47. The molecule has 27 heavy (non-hydrogen) atoms. The number of fused-ring (bicyclic) bond motifs is 1.